The Morgan fingerprint density at radius 2 is 2.20 bits per heavy atom. The van der Waals surface area contributed by atoms with Crippen molar-refractivity contribution < 1.29 is 9.50 Å². The number of benzene rings is 1. The number of aryl methyl sites for hydroxylation is 1. The molecule has 2 atom stereocenters. The Bertz CT molecular complexity index is 632. The number of hydrogen-bond donors (Lipinski definition) is 1. The van der Waals surface area contributed by atoms with Crippen LogP contribution in [0.5, 0.6) is 0 Å². The van der Waals surface area contributed by atoms with Crippen LogP contribution in [0.4, 0.5) is 4.39 Å². The van der Waals surface area contributed by atoms with E-state index in [9.17, 15) is 9.50 Å². The van der Waals surface area contributed by atoms with Crippen LogP contribution in [-0.4, -0.2) is 10.1 Å². The van der Waals surface area contributed by atoms with E-state index in [0.29, 0.717) is 5.56 Å². The summed E-state index contributed by atoms with van der Waals surface area (Å²) in [7, 11) is 0. The molecule has 0 radical (unpaired) electrons. The molecule has 2 unspecified atom stereocenters. The van der Waals surface area contributed by atoms with Crippen LogP contribution >= 0.6 is 11.6 Å². The van der Waals surface area contributed by atoms with E-state index in [4.69, 9.17) is 11.6 Å². The highest BCUT2D eigenvalue weighted by Gasteiger charge is 2.29. The first kappa shape index (κ1) is 13.5. The molecule has 0 bridgehead atoms. The van der Waals surface area contributed by atoms with Gasteiger partial charge in [0.25, 0.3) is 0 Å². The van der Waals surface area contributed by atoms with Gasteiger partial charge in [0.05, 0.1) is 11.1 Å². The smallest absolute Gasteiger partial charge is 0.141 e. The Morgan fingerprint density at radius 1 is 1.35 bits per heavy atom. The minimum atomic E-state index is -0.706. The largest absolute Gasteiger partial charge is 0.388 e. The average Bonchev–Trinajstić information content (AvgIpc) is 2.49. The highest BCUT2D eigenvalue weighted by molar-refractivity contribution is 6.30. The lowest BCUT2D eigenvalue weighted by Crippen LogP contribution is -2.18. The molecule has 1 aromatic carbocycles. The quantitative estimate of drug-likeness (QED) is 0.906. The molecular formula is C16H15ClFNO. The van der Waals surface area contributed by atoms with Gasteiger partial charge >= 0.3 is 0 Å². The predicted molar refractivity (Wildman–Crippen MR) is 76.3 cm³/mol. The van der Waals surface area contributed by atoms with Gasteiger partial charge in [-0.2, -0.15) is 0 Å². The third kappa shape index (κ3) is 2.43. The van der Waals surface area contributed by atoms with Crippen molar-refractivity contribution in [3.63, 3.8) is 0 Å². The second-order valence-electron chi connectivity index (χ2n) is 5.16. The number of aromatic nitrogens is 1. The van der Waals surface area contributed by atoms with Crippen molar-refractivity contribution in [3.05, 3.63) is 64.2 Å². The molecule has 3 rings (SSSR count). The van der Waals surface area contributed by atoms with Gasteiger partial charge in [0.15, 0.2) is 0 Å². The first-order valence-electron chi connectivity index (χ1n) is 6.73. The lowest BCUT2D eigenvalue weighted by molar-refractivity contribution is 0.134. The Morgan fingerprint density at radius 3 is 3.00 bits per heavy atom. The van der Waals surface area contributed by atoms with Gasteiger partial charge in [-0.15, -0.1) is 0 Å². The van der Waals surface area contributed by atoms with Gasteiger partial charge in [-0.05, 0) is 48.6 Å². The summed E-state index contributed by atoms with van der Waals surface area (Å²) in [6, 6.07) is 8.35. The number of aliphatic hydroxyl groups excluding tert-OH is 1. The number of halogens is 2. The second kappa shape index (κ2) is 5.51. The molecule has 1 heterocycles. The molecule has 0 spiro atoms. The van der Waals surface area contributed by atoms with E-state index in [1.54, 1.807) is 12.3 Å². The van der Waals surface area contributed by atoms with Crippen LogP contribution in [0.3, 0.4) is 0 Å². The summed E-state index contributed by atoms with van der Waals surface area (Å²) < 4.78 is 13.2. The Hall–Kier alpha value is -1.45. The molecule has 104 valence electrons. The molecule has 2 nitrogen and oxygen atoms in total. The molecular weight excluding hydrogens is 277 g/mol. The Labute approximate surface area is 122 Å². The Balaban J connectivity index is 1.95. The summed E-state index contributed by atoms with van der Waals surface area (Å²) in [5, 5.41) is 10.6. The van der Waals surface area contributed by atoms with Crippen LogP contribution in [0.15, 0.2) is 36.5 Å². The van der Waals surface area contributed by atoms with E-state index in [1.165, 1.54) is 17.7 Å². The molecule has 0 fully saturated rings. The zero-order valence-corrected chi connectivity index (χ0v) is 11.6. The van der Waals surface area contributed by atoms with Crippen LogP contribution in [0, 0.1) is 5.82 Å². The normalized spacial score (nSPS) is 19.4. The number of pyridine rings is 1. The number of rotatable bonds is 2. The van der Waals surface area contributed by atoms with Crippen LogP contribution in [0.1, 0.15) is 41.7 Å². The summed E-state index contributed by atoms with van der Waals surface area (Å²) in [4.78, 5) is 4.42. The summed E-state index contributed by atoms with van der Waals surface area (Å²) in [6.07, 6.45) is 3.94. The van der Waals surface area contributed by atoms with Crippen molar-refractivity contribution in [2.75, 3.05) is 0 Å². The van der Waals surface area contributed by atoms with Crippen molar-refractivity contribution in [1.82, 2.24) is 4.98 Å². The van der Waals surface area contributed by atoms with Gasteiger partial charge in [-0.3, -0.25) is 4.98 Å². The summed E-state index contributed by atoms with van der Waals surface area (Å²) in [5.74, 6) is -0.522. The number of hydrogen-bond acceptors (Lipinski definition) is 2. The van der Waals surface area contributed by atoms with Crippen LogP contribution in [-0.2, 0) is 6.42 Å². The highest BCUT2D eigenvalue weighted by atomic mass is 35.5. The second-order valence-corrected chi connectivity index (χ2v) is 5.57. The molecule has 1 aliphatic carbocycles. The van der Waals surface area contributed by atoms with Gasteiger partial charge in [-0.25, -0.2) is 4.39 Å². The maximum absolute atomic E-state index is 13.2. The van der Waals surface area contributed by atoms with Gasteiger partial charge in [0.2, 0.25) is 0 Å². The minimum Gasteiger partial charge on any atom is -0.388 e. The van der Waals surface area contributed by atoms with E-state index < -0.39 is 11.9 Å². The van der Waals surface area contributed by atoms with E-state index in [1.807, 2.05) is 6.07 Å². The van der Waals surface area contributed by atoms with E-state index in [2.05, 4.69) is 11.1 Å². The van der Waals surface area contributed by atoms with E-state index in [-0.39, 0.29) is 10.9 Å². The average molecular weight is 292 g/mol. The summed E-state index contributed by atoms with van der Waals surface area (Å²) >= 11 is 5.80. The lowest BCUT2D eigenvalue weighted by atomic mass is 9.81. The number of fused-ring (bicyclic) bond motifs is 1. The minimum absolute atomic E-state index is 0.0404. The zero-order valence-electron chi connectivity index (χ0n) is 10.9. The summed E-state index contributed by atoms with van der Waals surface area (Å²) in [6.45, 7) is 0. The standard InChI is InChI=1S/C16H15ClFNO/c17-13-9-11(6-7-14(13)18)16(20)12-5-1-3-10-4-2-8-19-15(10)12/h2,4,6-9,12,16,20H,1,3,5H2. The molecule has 0 aliphatic heterocycles. The fraction of sp³-hybridized carbons (Fsp3) is 0.312. The molecule has 0 amide bonds. The molecule has 1 aliphatic rings. The van der Waals surface area contributed by atoms with Crippen molar-refractivity contribution in [2.24, 2.45) is 0 Å². The van der Waals surface area contributed by atoms with Gasteiger partial charge in [0, 0.05) is 17.8 Å². The third-order valence-electron chi connectivity index (χ3n) is 3.90. The predicted octanol–water partition coefficient (Wildman–Crippen LogP) is 4.03. The molecule has 1 aromatic heterocycles. The first-order chi connectivity index (χ1) is 9.66. The van der Waals surface area contributed by atoms with Crippen molar-refractivity contribution in [2.45, 2.75) is 31.3 Å². The van der Waals surface area contributed by atoms with E-state index in [0.717, 1.165) is 25.0 Å². The third-order valence-corrected chi connectivity index (χ3v) is 4.19. The molecule has 1 N–H and O–H groups in total. The topological polar surface area (TPSA) is 33.1 Å². The first-order valence-corrected chi connectivity index (χ1v) is 7.11. The maximum Gasteiger partial charge on any atom is 0.141 e. The zero-order chi connectivity index (χ0) is 14.1. The lowest BCUT2D eigenvalue weighted by Gasteiger charge is -2.28. The monoisotopic (exact) mass is 291 g/mol. The summed E-state index contributed by atoms with van der Waals surface area (Å²) in [5.41, 5.74) is 2.78. The van der Waals surface area contributed by atoms with E-state index >= 15 is 0 Å². The van der Waals surface area contributed by atoms with Crippen LogP contribution < -0.4 is 0 Å². The fourth-order valence-corrected chi connectivity index (χ4v) is 3.07. The van der Waals surface area contributed by atoms with Crippen molar-refractivity contribution >= 4 is 11.6 Å². The molecule has 4 heteroatoms. The molecule has 20 heavy (non-hydrogen) atoms. The van der Waals surface area contributed by atoms with Gasteiger partial charge in [0.1, 0.15) is 5.82 Å². The SMILES string of the molecule is OC(c1ccc(F)c(Cl)c1)C1CCCc2cccnc21. The number of nitrogens with zero attached hydrogens (tertiary/aromatic N) is 1. The van der Waals surface area contributed by atoms with Gasteiger partial charge in [-0.1, -0.05) is 23.7 Å². The highest BCUT2D eigenvalue weighted by Crippen LogP contribution is 2.39. The maximum atomic E-state index is 13.2. The van der Waals surface area contributed by atoms with Gasteiger partial charge < -0.3 is 5.11 Å². The fourth-order valence-electron chi connectivity index (χ4n) is 2.88. The molecule has 2 aromatic rings. The van der Waals surface area contributed by atoms with Crippen LogP contribution in [0.2, 0.25) is 5.02 Å². The molecule has 0 saturated heterocycles. The van der Waals surface area contributed by atoms with Crippen LogP contribution in [0.25, 0.3) is 0 Å². The van der Waals surface area contributed by atoms with Crippen molar-refractivity contribution in [3.8, 4) is 0 Å². The van der Waals surface area contributed by atoms with Crippen molar-refractivity contribution in [1.29, 1.82) is 0 Å². The number of aliphatic hydroxyl groups is 1. The Kier molecular flexibility index (Phi) is 3.72. The molecule has 0 saturated carbocycles.